The Kier molecular flexibility index (Phi) is 7.21. The highest BCUT2D eigenvalue weighted by atomic mass is 16.3. The van der Waals surface area contributed by atoms with Crippen molar-refractivity contribution in [3.05, 3.63) is 88.9 Å². The average Bonchev–Trinajstić information content (AvgIpc) is 2.65. The Balaban J connectivity index is 2.02. The predicted octanol–water partition coefficient (Wildman–Crippen LogP) is 4.80. The van der Waals surface area contributed by atoms with Crippen LogP contribution in [0.1, 0.15) is 37.0 Å². The van der Waals surface area contributed by atoms with E-state index in [1.54, 1.807) is 0 Å². The number of benzene rings is 1. The molecular weight excluding hydrogens is 308 g/mol. The zero-order chi connectivity index (χ0) is 18.1. The number of nitrogens with zero attached hydrogens (tertiary/aromatic N) is 1. The maximum absolute atomic E-state index is 9.23. The number of hydrogen-bond donors (Lipinski definition) is 2. The molecule has 130 valence electrons. The third kappa shape index (κ3) is 6.07. The molecule has 0 saturated carbocycles. The Morgan fingerprint density at radius 1 is 1.20 bits per heavy atom. The van der Waals surface area contributed by atoms with Crippen molar-refractivity contribution in [2.45, 2.75) is 39.7 Å². The second kappa shape index (κ2) is 9.63. The summed E-state index contributed by atoms with van der Waals surface area (Å²) in [5.41, 5.74) is 8.46. The Morgan fingerprint density at radius 3 is 2.60 bits per heavy atom. The second-order valence-corrected chi connectivity index (χ2v) is 6.04. The molecule has 0 atom stereocenters. The third-order valence-corrected chi connectivity index (χ3v) is 4.02. The van der Waals surface area contributed by atoms with Gasteiger partial charge in [-0.25, -0.2) is 4.98 Å². The molecule has 0 radical (unpaired) electrons. The van der Waals surface area contributed by atoms with E-state index < -0.39 is 0 Å². The van der Waals surface area contributed by atoms with E-state index in [0.717, 1.165) is 41.9 Å². The fourth-order valence-electron chi connectivity index (χ4n) is 2.65. The number of rotatable bonds is 8. The van der Waals surface area contributed by atoms with Crippen LogP contribution in [0.25, 0.3) is 0 Å². The average molecular weight is 334 g/mol. The van der Waals surface area contributed by atoms with Gasteiger partial charge in [-0.15, -0.1) is 5.73 Å². The molecule has 0 aliphatic heterocycles. The van der Waals surface area contributed by atoms with Gasteiger partial charge in [-0.3, -0.25) is 0 Å². The Hall–Kier alpha value is -2.61. The van der Waals surface area contributed by atoms with Gasteiger partial charge in [0.1, 0.15) is 5.82 Å². The van der Waals surface area contributed by atoms with Crippen LogP contribution in [0.4, 0.5) is 5.82 Å². The van der Waals surface area contributed by atoms with Gasteiger partial charge < -0.3 is 10.4 Å². The van der Waals surface area contributed by atoms with Crippen LogP contribution in [-0.2, 0) is 19.4 Å². The summed E-state index contributed by atoms with van der Waals surface area (Å²) in [6, 6.07) is 12.2. The normalized spacial score (nSPS) is 11.1. The number of anilines is 1. The number of pyridine rings is 1. The van der Waals surface area contributed by atoms with Crippen molar-refractivity contribution < 1.29 is 5.11 Å². The molecule has 0 amide bonds. The first-order valence-corrected chi connectivity index (χ1v) is 8.62. The Morgan fingerprint density at radius 2 is 1.92 bits per heavy atom. The first kappa shape index (κ1) is 18.7. The van der Waals surface area contributed by atoms with Gasteiger partial charge in [-0.2, -0.15) is 0 Å². The van der Waals surface area contributed by atoms with Crippen molar-refractivity contribution in [2.75, 3.05) is 5.32 Å². The molecule has 1 heterocycles. The van der Waals surface area contributed by atoms with Gasteiger partial charge in [0.25, 0.3) is 0 Å². The maximum atomic E-state index is 9.23. The first-order valence-electron chi connectivity index (χ1n) is 8.62. The van der Waals surface area contributed by atoms with E-state index in [-0.39, 0.29) is 6.61 Å². The highest BCUT2D eigenvalue weighted by molar-refractivity contribution is 5.44. The van der Waals surface area contributed by atoms with Crippen molar-refractivity contribution in [3.63, 3.8) is 0 Å². The molecule has 0 fully saturated rings. The van der Waals surface area contributed by atoms with Gasteiger partial charge in [-0.05, 0) is 66.7 Å². The number of hydrogen-bond acceptors (Lipinski definition) is 3. The Bertz CT molecular complexity index is 786. The lowest BCUT2D eigenvalue weighted by Gasteiger charge is -2.09. The molecule has 0 spiro atoms. The van der Waals surface area contributed by atoms with Crippen LogP contribution in [-0.4, -0.2) is 10.1 Å². The number of nitrogens with one attached hydrogen (secondary N) is 1. The van der Waals surface area contributed by atoms with Crippen molar-refractivity contribution in [1.82, 2.24) is 4.98 Å². The topological polar surface area (TPSA) is 45.1 Å². The summed E-state index contributed by atoms with van der Waals surface area (Å²) in [5, 5.41) is 12.6. The molecule has 25 heavy (non-hydrogen) atoms. The molecule has 3 heteroatoms. The van der Waals surface area contributed by atoms with Crippen LogP contribution in [0.3, 0.4) is 0 Å². The standard InChI is InChI=1S/C22H26N2O/c1-4-18(5-2)13-17(3)24-22-15-20(11-12-23-22)10-9-19-7-6-8-21(14-19)16-25/h6-8,11-15,25H,1,5,9-10,16H2,2-3H3,(H,23,24). The highest BCUT2D eigenvalue weighted by Gasteiger charge is 2.01. The van der Waals surface area contributed by atoms with Crippen molar-refractivity contribution in [2.24, 2.45) is 0 Å². The summed E-state index contributed by atoms with van der Waals surface area (Å²) in [5.74, 6) is 0.842. The molecule has 0 saturated heterocycles. The van der Waals surface area contributed by atoms with E-state index in [0.29, 0.717) is 0 Å². The summed E-state index contributed by atoms with van der Waals surface area (Å²) in [7, 11) is 0. The first-order chi connectivity index (χ1) is 12.1. The zero-order valence-corrected chi connectivity index (χ0v) is 15.0. The van der Waals surface area contributed by atoms with Gasteiger partial charge in [-0.1, -0.05) is 37.8 Å². The Labute approximate surface area is 150 Å². The molecular formula is C22H26N2O. The van der Waals surface area contributed by atoms with Crippen LogP contribution in [0.5, 0.6) is 0 Å². The number of aryl methyl sites for hydroxylation is 2. The summed E-state index contributed by atoms with van der Waals surface area (Å²) in [6.07, 6.45) is 6.65. The fourth-order valence-corrected chi connectivity index (χ4v) is 2.65. The van der Waals surface area contributed by atoms with Crippen LogP contribution < -0.4 is 5.32 Å². The summed E-state index contributed by atoms with van der Waals surface area (Å²) >= 11 is 0. The van der Waals surface area contributed by atoms with Gasteiger partial charge >= 0.3 is 0 Å². The molecule has 1 aromatic carbocycles. The minimum absolute atomic E-state index is 0.0850. The van der Waals surface area contributed by atoms with Crippen molar-refractivity contribution in [3.8, 4) is 0 Å². The largest absolute Gasteiger partial charge is 0.392 e. The van der Waals surface area contributed by atoms with E-state index in [1.165, 1.54) is 11.1 Å². The summed E-state index contributed by atoms with van der Waals surface area (Å²) < 4.78 is 0. The van der Waals surface area contributed by atoms with Crippen LogP contribution in [0.15, 0.2) is 72.3 Å². The van der Waals surface area contributed by atoms with E-state index in [9.17, 15) is 5.11 Å². The van der Waals surface area contributed by atoms with Gasteiger partial charge in [0.15, 0.2) is 0 Å². The van der Waals surface area contributed by atoms with Gasteiger partial charge in [0.2, 0.25) is 0 Å². The SMILES string of the molecule is C=C=C(C=C(C)Nc1cc(CCc2cccc(CO)c2)ccn1)CC. The molecule has 3 nitrogen and oxygen atoms in total. The summed E-state index contributed by atoms with van der Waals surface area (Å²) in [4.78, 5) is 4.39. The number of aliphatic hydroxyl groups is 1. The van der Waals surface area contributed by atoms with Crippen LogP contribution in [0, 0.1) is 0 Å². The smallest absolute Gasteiger partial charge is 0.130 e. The fraction of sp³-hybridized carbons (Fsp3) is 0.273. The maximum Gasteiger partial charge on any atom is 0.130 e. The predicted molar refractivity (Wildman–Crippen MR) is 104 cm³/mol. The minimum Gasteiger partial charge on any atom is -0.392 e. The minimum atomic E-state index is 0.0850. The molecule has 0 aliphatic carbocycles. The number of allylic oxidation sites excluding steroid dienone is 3. The van der Waals surface area contributed by atoms with Crippen LogP contribution in [0.2, 0.25) is 0 Å². The van der Waals surface area contributed by atoms with E-state index >= 15 is 0 Å². The molecule has 2 aromatic rings. The lowest BCUT2D eigenvalue weighted by molar-refractivity contribution is 0.281. The van der Waals surface area contributed by atoms with Crippen molar-refractivity contribution in [1.29, 1.82) is 0 Å². The molecule has 0 unspecified atom stereocenters. The third-order valence-electron chi connectivity index (χ3n) is 4.02. The monoisotopic (exact) mass is 334 g/mol. The zero-order valence-electron chi connectivity index (χ0n) is 15.0. The van der Waals surface area contributed by atoms with Crippen molar-refractivity contribution >= 4 is 5.82 Å². The lowest BCUT2D eigenvalue weighted by atomic mass is 10.0. The molecule has 2 N–H and O–H groups in total. The highest BCUT2D eigenvalue weighted by Crippen LogP contribution is 2.14. The summed E-state index contributed by atoms with van der Waals surface area (Å²) in [6.45, 7) is 7.89. The van der Waals surface area contributed by atoms with Gasteiger partial charge in [0.05, 0.1) is 6.61 Å². The molecule has 1 aromatic heterocycles. The molecule has 0 bridgehead atoms. The molecule has 0 aliphatic rings. The molecule has 2 rings (SSSR count). The number of aliphatic hydroxyl groups excluding tert-OH is 1. The van der Waals surface area contributed by atoms with Gasteiger partial charge in [0, 0.05) is 11.9 Å². The van der Waals surface area contributed by atoms with E-state index in [2.05, 4.69) is 47.7 Å². The van der Waals surface area contributed by atoms with E-state index in [1.807, 2.05) is 37.4 Å². The number of aromatic nitrogens is 1. The quantitative estimate of drug-likeness (QED) is 0.538. The van der Waals surface area contributed by atoms with E-state index in [4.69, 9.17) is 0 Å². The lowest BCUT2D eigenvalue weighted by Crippen LogP contribution is -2.00. The second-order valence-electron chi connectivity index (χ2n) is 6.04. The van der Waals surface area contributed by atoms with Crippen LogP contribution >= 0.6 is 0 Å².